The summed E-state index contributed by atoms with van der Waals surface area (Å²) in [7, 11) is 0. The highest BCUT2D eigenvalue weighted by Gasteiger charge is 2.27. The largest absolute Gasteiger partial charge is 0.343 e. The van der Waals surface area contributed by atoms with Crippen LogP contribution in [0.1, 0.15) is 70.1 Å². The summed E-state index contributed by atoms with van der Waals surface area (Å²) in [5, 5.41) is 4.11. The number of hydrogen-bond acceptors (Lipinski definition) is 4. The summed E-state index contributed by atoms with van der Waals surface area (Å²) in [6.45, 7) is 3.80. The lowest BCUT2D eigenvalue weighted by Crippen LogP contribution is -2.37. The Balaban J connectivity index is 1.45. The van der Waals surface area contributed by atoms with Gasteiger partial charge in [0.05, 0.1) is 0 Å². The molecule has 1 aliphatic heterocycles. The normalized spacial score (nSPS) is 15.3. The molecular weight excluding hydrogens is 326 g/mol. The summed E-state index contributed by atoms with van der Waals surface area (Å²) in [4.78, 5) is 18.9. The maximum absolute atomic E-state index is 12.3. The SMILES string of the molecule is CCCCCCCC(=O)N1CCC(c2nc(-c3ccccc3)no2)CC1. The zero-order valence-corrected chi connectivity index (χ0v) is 15.7. The van der Waals surface area contributed by atoms with E-state index in [4.69, 9.17) is 4.52 Å². The van der Waals surface area contributed by atoms with Gasteiger partial charge in [-0.1, -0.05) is 68.1 Å². The molecule has 2 heterocycles. The summed E-state index contributed by atoms with van der Waals surface area (Å²) in [5.41, 5.74) is 0.971. The van der Waals surface area contributed by atoms with Crippen LogP contribution in [0, 0.1) is 0 Å². The Morgan fingerprint density at radius 1 is 1.12 bits per heavy atom. The number of amides is 1. The number of carbonyl (C=O) groups excluding carboxylic acids is 1. The number of carbonyl (C=O) groups is 1. The third-order valence-corrected chi connectivity index (χ3v) is 5.16. The zero-order valence-electron chi connectivity index (χ0n) is 15.7. The fourth-order valence-electron chi connectivity index (χ4n) is 3.52. The van der Waals surface area contributed by atoms with E-state index in [0.29, 0.717) is 24.0 Å². The van der Waals surface area contributed by atoms with Crippen LogP contribution in [0.15, 0.2) is 34.9 Å². The van der Waals surface area contributed by atoms with Crippen molar-refractivity contribution in [3.8, 4) is 11.4 Å². The van der Waals surface area contributed by atoms with E-state index in [9.17, 15) is 4.79 Å². The predicted molar refractivity (Wildman–Crippen MR) is 102 cm³/mol. The molecular formula is C21H29N3O2. The van der Waals surface area contributed by atoms with Crippen LogP contribution in [0.3, 0.4) is 0 Å². The van der Waals surface area contributed by atoms with Crippen LogP contribution in [-0.4, -0.2) is 34.0 Å². The second kappa shape index (κ2) is 9.51. The average Bonchev–Trinajstić information content (AvgIpc) is 3.19. The molecule has 0 N–H and O–H groups in total. The zero-order chi connectivity index (χ0) is 18.2. The van der Waals surface area contributed by atoms with Gasteiger partial charge in [0.1, 0.15) is 0 Å². The van der Waals surface area contributed by atoms with Crippen molar-refractivity contribution in [3.63, 3.8) is 0 Å². The van der Waals surface area contributed by atoms with Gasteiger partial charge in [-0.25, -0.2) is 0 Å². The van der Waals surface area contributed by atoms with Crippen LogP contribution in [0.2, 0.25) is 0 Å². The van der Waals surface area contributed by atoms with Gasteiger partial charge in [-0.3, -0.25) is 4.79 Å². The summed E-state index contributed by atoms with van der Waals surface area (Å²) in [5.74, 6) is 1.91. The van der Waals surface area contributed by atoms with E-state index >= 15 is 0 Å². The van der Waals surface area contributed by atoms with E-state index in [1.54, 1.807) is 0 Å². The molecule has 5 nitrogen and oxygen atoms in total. The molecule has 1 fully saturated rings. The molecule has 1 aliphatic rings. The smallest absolute Gasteiger partial charge is 0.230 e. The molecule has 0 atom stereocenters. The van der Waals surface area contributed by atoms with E-state index in [1.807, 2.05) is 35.2 Å². The van der Waals surface area contributed by atoms with Crippen LogP contribution >= 0.6 is 0 Å². The molecule has 1 amide bonds. The van der Waals surface area contributed by atoms with Crippen molar-refractivity contribution in [1.29, 1.82) is 0 Å². The van der Waals surface area contributed by atoms with Gasteiger partial charge in [-0.05, 0) is 19.3 Å². The van der Waals surface area contributed by atoms with Crippen molar-refractivity contribution < 1.29 is 9.32 Å². The Morgan fingerprint density at radius 3 is 2.58 bits per heavy atom. The number of rotatable bonds is 8. The predicted octanol–water partition coefficient (Wildman–Crippen LogP) is 4.80. The van der Waals surface area contributed by atoms with Gasteiger partial charge in [-0.15, -0.1) is 0 Å². The van der Waals surface area contributed by atoms with E-state index in [0.717, 1.165) is 37.9 Å². The Bertz CT molecular complexity index is 676. The molecule has 1 aromatic heterocycles. The number of unbranched alkanes of at least 4 members (excludes halogenated alkanes) is 4. The van der Waals surface area contributed by atoms with Crippen molar-refractivity contribution in [2.24, 2.45) is 0 Å². The fourth-order valence-corrected chi connectivity index (χ4v) is 3.52. The molecule has 0 unspecified atom stereocenters. The average molecular weight is 355 g/mol. The Kier molecular flexibility index (Phi) is 6.81. The van der Waals surface area contributed by atoms with E-state index < -0.39 is 0 Å². The Morgan fingerprint density at radius 2 is 1.85 bits per heavy atom. The highest BCUT2D eigenvalue weighted by Crippen LogP contribution is 2.28. The van der Waals surface area contributed by atoms with E-state index in [1.165, 1.54) is 25.7 Å². The van der Waals surface area contributed by atoms with Crippen LogP contribution in [0.25, 0.3) is 11.4 Å². The van der Waals surface area contributed by atoms with Crippen LogP contribution < -0.4 is 0 Å². The van der Waals surface area contributed by atoms with E-state index in [2.05, 4.69) is 17.1 Å². The first-order chi connectivity index (χ1) is 12.8. The number of nitrogens with zero attached hydrogens (tertiary/aromatic N) is 3. The first kappa shape index (κ1) is 18.6. The molecule has 0 saturated carbocycles. The van der Waals surface area contributed by atoms with Crippen molar-refractivity contribution in [3.05, 3.63) is 36.2 Å². The first-order valence-corrected chi connectivity index (χ1v) is 9.94. The maximum Gasteiger partial charge on any atom is 0.230 e. The molecule has 0 aliphatic carbocycles. The minimum atomic E-state index is 0.258. The number of piperidine rings is 1. The van der Waals surface area contributed by atoms with Crippen molar-refractivity contribution >= 4 is 5.91 Å². The number of hydrogen-bond donors (Lipinski definition) is 0. The molecule has 0 radical (unpaired) electrons. The molecule has 140 valence electrons. The van der Waals surface area contributed by atoms with Gasteiger partial charge in [0.2, 0.25) is 17.6 Å². The molecule has 2 aromatic rings. The third kappa shape index (κ3) is 4.93. The molecule has 26 heavy (non-hydrogen) atoms. The van der Waals surface area contributed by atoms with Crippen LogP contribution in [0.5, 0.6) is 0 Å². The lowest BCUT2D eigenvalue weighted by Gasteiger charge is -2.30. The van der Waals surface area contributed by atoms with Gasteiger partial charge in [0, 0.05) is 31.0 Å². The van der Waals surface area contributed by atoms with Crippen LogP contribution in [0.4, 0.5) is 0 Å². The molecule has 3 rings (SSSR count). The Labute approximate surface area is 155 Å². The summed E-state index contributed by atoms with van der Waals surface area (Å²) >= 11 is 0. The Hall–Kier alpha value is -2.17. The summed E-state index contributed by atoms with van der Waals surface area (Å²) < 4.78 is 5.49. The van der Waals surface area contributed by atoms with Gasteiger partial charge in [0.15, 0.2) is 0 Å². The molecule has 0 spiro atoms. The number of benzene rings is 1. The monoisotopic (exact) mass is 355 g/mol. The van der Waals surface area contributed by atoms with Gasteiger partial charge in [0.25, 0.3) is 0 Å². The van der Waals surface area contributed by atoms with Crippen molar-refractivity contribution in [1.82, 2.24) is 15.0 Å². The van der Waals surface area contributed by atoms with Gasteiger partial charge < -0.3 is 9.42 Å². The first-order valence-electron chi connectivity index (χ1n) is 9.94. The number of aromatic nitrogens is 2. The second-order valence-corrected chi connectivity index (χ2v) is 7.14. The lowest BCUT2D eigenvalue weighted by molar-refractivity contribution is -0.132. The van der Waals surface area contributed by atoms with Crippen molar-refractivity contribution in [2.45, 2.75) is 64.2 Å². The fraction of sp³-hybridized carbons (Fsp3) is 0.571. The van der Waals surface area contributed by atoms with Crippen molar-refractivity contribution in [2.75, 3.05) is 13.1 Å². The highest BCUT2D eigenvalue weighted by molar-refractivity contribution is 5.76. The molecule has 0 bridgehead atoms. The standard InChI is InChI=1S/C21H29N3O2/c1-2-3-4-5-9-12-19(25)24-15-13-18(14-16-24)21-22-20(23-26-21)17-10-7-6-8-11-17/h6-8,10-11,18H,2-5,9,12-16H2,1H3. The van der Waals surface area contributed by atoms with Gasteiger partial charge >= 0.3 is 0 Å². The minimum absolute atomic E-state index is 0.258. The lowest BCUT2D eigenvalue weighted by atomic mass is 9.96. The van der Waals surface area contributed by atoms with Gasteiger partial charge in [-0.2, -0.15) is 4.98 Å². The quantitative estimate of drug-likeness (QED) is 0.638. The summed E-state index contributed by atoms with van der Waals surface area (Å²) in [6.07, 6.45) is 8.43. The maximum atomic E-state index is 12.3. The third-order valence-electron chi connectivity index (χ3n) is 5.16. The highest BCUT2D eigenvalue weighted by atomic mass is 16.5. The number of likely N-dealkylation sites (tertiary alicyclic amines) is 1. The topological polar surface area (TPSA) is 59.2 Å². The molecule has 1 saturated heterocycles. The van der Waals surface area contributed by atoms with Crippen LogP contribution in [-0.2, 0) is 4.79 Å². The molecule has 1 aromatic carbocycles. The second-order valence-electron chi connectivity index (χ2n) is 7.14. The minimum Gasteiger partial charge on any atom is -0.343 e. The summed E-state index contributed by atoms with van der Waals surface area (Å²) in [6, 6.07) is 9.88. The molecule has 5 heteroatoms. The van der Waals surface area contributed by atoms with E-state index in [-0.39, 0.29) is 5.92 Å².